The first-order valence-corrected chi connectivity index (χ1v) is 6.37. The highest BCUT2D eigenvalue weighted by Gasteiger charge is 2.10. The Hall–Kier alpha value is -2.67. The lowest BCUT2D eigenvalue weighted by Crippen LogP contribution is -2.30. The van der Waals surface area contributed by atoms with Crippen LogP contribution in [0.5, 0.6) is 5.75 Å². The summed E-state index contributed by atoms with van der Waals surface area (Å²) < 4.78 is 7.01. The molecule has 0 aliphatic rings. The largest absolute Gasteiger partial charge is 0.491 e. The molecule has 0 spiro atoms. The van der Waals surface area contributed by atoms with Gasteiger partial charge in [-0.15, -0.1) is 0 Å². The normalized spacial score (nSPS) is 10.2. The number of para-hydroxylation sites is 1. The fraction of sp³-hybridized carbons (Fsp3) is 0.214. The van der Waals surface area contributed by atoms with Crippen LogP contribution in [-0.4, -0.2) is 22.1 Å². The van der Waals surface area contributed by atoms with E-state index in [-0.39, 0.29) is 12.3 Å². The number of aryl methyl sites for hydroxylation is 1. The number of nitrogens with one attached hydrogen (secondary N) is 1. The molecule has 0 fully saturated rings. The Morgan fingerprint density at radius 3 is 2.95 bits per heavy atom. The van der Waals surface area contributed by atoms with Crippen LogP contribution in [0.15, 0.2) is 41.5 Å². The Labute approximate surface area is 121 Å². The highest BCUT2D eigenvalue weighted by molar-refractivity contribution is 5.96. The molecule has 0 saturated carbocycles. The minimum absolute atomic E-state index is 0.236. The Morgan fingerprint density at radius 1 is 1.43 bits per heavy atom. The Morgan fingerprint density at radius 2 is 2.19 bits per heavy atom. The van der Waals surface area contributed by atoms with E-state index in [0.29, 0.717) is 17.9 Å². The molecule has 0 aliphatic carbocycles. The van der Waals surface area contributed by atoms with Crippen LogP contribution >= 0.6 is 0 Å². The van der Waals surface area contributed by atoms with Crippen LogP contribution in [-0.2, 0) is 6.54 Å². The molecule has 0 radical (unpaired) electrons. The van der Waals surface area contributed by atoms with Crippen LogP contribution < -0.4 is 21.7 Å². The van der Waals surface area contributed by atoms with Gasteiger partial charge in [0.25, 0.3) is 5.91 Å². The number of carbonyl (C=O) groups excluding carboxylic acids is 1. The van der Waals surface area contributed by atoms with Crippen molar-refractivity contribution in [1.29, 1.82) is 0 Å². The lowest BCUT2D eigenvalue weighted by Gasteiger charge is -2.11. The summed E-state index contributed by atoms with van der Waals surface area (Å²) >= 11 is 0. The third-order valence-corrected chi connectivity index (χ3v) is 2.84. The van der Waals surface area contributed by atoms with Crippen LogP contribution in [0.2, 0.25) is 0 Å². The molecule has 0 unspecified atom stereocenters. The SMILES string of the molecule is Cc1cnc(=O)n(CCOc2ccccc2C(=O)NN)c1. The number of nitrogen functional groups attached to an aromatic ring is 1. The fourth-order valence-corrected chi connectivity index (χ4v) is 1.84. The van der Waals surface area contributed by atoms with Crippen molar-refractivity contribution in [2.75, 3.05) is 6.61 Å². The zero-order chi connectivity index (χ0) is 15.2. The summed E-state index contributed by atoms with van der Waals surface area (Å²) in [6, 6.07) is 6.75. The summed E-state index contributed by atoms with van der Waals surface area (Å²) in [7, 11) is 0. The van der Waals surface area contributed by atoms with Gasteiger partial charge in [-0.05, 0) is 24.6 Å². The molecule has 1 aromatic carbocycles. The van der Waals surface area contributed by atoms with Crippen LogP contribution in [0.3, 0.4) is 0 Å². The van der Waals surface area contributed by atoms with Crippen molar-refractivity contribution in [3.8, 4) is 5.75 Å². The molecule has 0 atom stereocenters. The Kier molecular flexibility index (Phi) is 4.68. The summed E-state index contributed by atoms with van der Waals surface area (Å²) in [6.45, 7) is 2.43. The number of nitrogens with zero attached hydrogens (tertiary/aromatic N) is 2. The number of amides is 1. The summed E-state index contributed by atoms with van der Waals surface area (Å²) in [6.07, 6.45) is 3.22. The fourth-order valence-electron chi connectivity index (χ4n) is 1.84. The van der Waals surface area contributed by atoms with E-state index < -0.39 is 5.91 Å². The third kappa shape index (κ3) is 3.67. The molecule has 2 rings (SSSR count). The molecule has 1 heterocycles. The van der Waals surface area contributed by atoms with Crippen molar-refractivity contribution < 1.29 is 9.53 Å². The van der Waals surface area contributed by atoms with Crippen molar-refractivity contribution in [2.45, 2.75) is 13.5 Å². The smallest absolute Gasteiger partial charge is 0.347 e. The first-order chi connectivity index (χ1) is 10.1. The Balaban J connectivity index is 2.06. The van der Waals surface area contributed by atoms with E-state index in [9.17, 15) is 9.59 Å². The van der Waals surface area contributed by atoms with Crippen molar-refractivity contribution in [3.05, 3.63) is 58.3 Å². The number of benzene rings is 1. The molecule has 7 heteroatoms. The van der Waals surface area contributed by atoms with Crippen LogP contribution in [0.1, 0.15) is 15.9 Å². The second-order valence-corrected chi connectivity index (χ2v) is 4.43. The highest BCUT2D eigenvalue weighted by atomic mass is 16.5. The first kappa shape index (κ1) is 14.7. The quantitative estimate of drug-likeness (QED) is 0.466. The summed E-state index contributed by atoms with van der Waals surface area (Å²) in [5, 5.41) is 0. The van der Waals surface area contributed by atoms with Gasteiger partial charge in [-0.25, -0.2) is 15.6 Å². The molecular formula is C14H16N4O3. The lowest BCUT2D eigenvalue weighted by atomic mass is 10.2. The lowest BCUT2D eigenvalue weighted by molar-refractivity contribution is 0.0949. The van der Waals surface area contributed by atoms with Crippen molar-refractivity contribution in [3.63, 3.8) is 0 Å². The predicted octanol–water partition coefficient (Wildman–Crippen LogP) is 0.234. The van der Waals surface area contributed by atoms with E-state index >= 15 is 0 Å². The molecular weight excluding hydrogens is 272 g/mol. The van der Waals surface area contributed by atoms with Gasteiger partial charge >= 0.3 is 5.69 Å². The number of nitrogens with two attached hydrogens (primary N) is 1. The maximum Gasteiger partial charge on any atom is 0.347 e. The van der Waals surface area contributed by atoms with E-state index in [2.05, 4.69) is 10.4 Å². The van der Waals surface area contributed by atoms with Gasteiger partial charge in [-0.3, -0.25) is 14.8 Å². The van der Waals surface area contributed by atoms with Gasteiger partial charge in [0.2, 0.25) is 0 Å². The van der Waals surface area contributed by atoms with Gasteiger partial charge in [-0.1, -0.05) is 12.1 Å². The molecule has 0 aliphatic heterocycles. The minimum atomic E-state index is -0.431. The molecule has 2 aromatic rings. The van der Waals surface area contributed by atoms with Gasteiger partial charge in [0, 0.05) is 12.4 Å². The number of hydrogen-bond acceptors (Lipinski definition) is 5. The summed E-state index contributed by atoms with van der Waals surface area (Å²) in [5.74, 6) is 5.10. The molecule has 0 saturated heterocycles. The molecule has 21 heavy (non-hydrogen) atoms. The van der Waals surface area contributed by atoms with E-state index in [1.54, 1.807) is 30.5 Å². The maximum absolute atomic E-state index is 11.6. The van der Waals surface area contributed by atoms with Crippen molar-refractivity contribution >= 4 is 5.91 Å². The molecule has 1 aromatic heterocycles. The topological polar surface area (TPSA) is 99.2 Å². The number of hydrazine groups is 1. The second kappa shape index (κ2) is 6.67. The van der Waals surface area contributed by atoms with Gasteiger partial charge in [0.15, 0.2) is 0 Å². The number of rotatable bonds is 5. The van der Waals surface area contributed by atoms with Crippen LogP contribution in [0.25, 0.3) is 0 Å². The zero-order valence-electron chi connectivity index (χ0n) is 11.6. The number of ether oxygens (including phenoxy) is 1. The predicted molar refractivity (Wildman–Crippen MR) is 76.8 cm³/mol. The van der Waals surface area contributed by atoms with Gasteiger partial charge in [0.1, 0.15) is 12.4 Å². The number of carbonyl (C=O) groups is 1. The highest BCUT2D eigenvalue weighted by Crippen LogP contribution is 2.17. The monoisotopic (exact) mass is 288 g/mol. The molecule has 1 amide bonds. The molecule has 0 bridgehead atoms. The Bertz CT molecular complexity index is 697. The molecule has 3 N–H and O–H groups in total. The average Bonchev–Trinajstić information content (AvgIpc) is 2.50. The van der Waals surface area contributed by atoms with Gasteiger partial charge < -0.3 is 4.74 Å². The molecule has 110 valence electrons. The van der Waals surface area contributed by atoms with Crippen molar-refractivity contribution in [1.82, 2.24) is 15.0 Å². The number of aromatic nitrogens is 2. The third-order valence-electron chi connectivity index (χ3n) is 2.84. The van der Waals surface area contributed by atoms with E-state index in [1.165, 1.54) is 10.8 Å². The minimum Gasteiger partial charge on any atom is -0.491 e. The van der Waals surface area contributed by atoms with Crippen LogP contribution in [0, 0.1) is 6.92 Å². The first-order valence-electron chi connectivity index (χ1n) is 6.37. The molecule has 7 nitrogen and oxygen atoms in total. The van der Waals surface area contributed by atoms with Crippen LogP contribution in [0.4, 0.5) is 0 Å². The summed E-state index contributed by atoms with van der Waals surface area (Å²) in [5.41, 5.74) is 2.96. The second-order valence-electron chi connectivity index (χ2n) is 4.43. The summed E-state index contributed by atoms with van der Waals surface area (Å²) in [4.78, 5) is 26.9. The zero-order valence-corrected chi connectivity index (χ0v) is 11.6. The van der Waals surface area contributed by atoms with E-state index in [4.69, 9.17) is 10.6 Å². The van der Waals surface area contributed by atoms with E-state index in [1.807, 2.05) is 6.92 Å². The van der Waals surface area contributed by atoms with Gasteiger partial charge in [-0.2, -0.15) is 0 Å². The standard InChI is InChI=1S/C14H16N4O3/c1-10-8-16-14(20)18(9-10)6-7-21-12-5-3-2-4-11(12)13(19)17-15/h2-5,8-9H,6-7,15H2,1H3,(H,17,19). The van der Waals surface area contributed by atoms with Crippen molar-refractivity contribution in [2.24, 2.45) is 5.84 Å². The average molecular weight is 288 g/mol. The number of hydrogen-bond donors (Lipinski definition) is 2. The maximum atomic E-state index is 11.6. The van der Waals surface area contributed by atoms with Gasteiger partial charge in [0.05, 0.1) is 12.1 Å². The van der Waals surface area contributed by atoms with E-state index in [0.717, 1.165) is 5.56 Å².